The molecular formula is C36H25N3Na2O7S. The maximum atomic E-state index is 13.7. The topological polar surface area (TPSA) is 134 Å². The summed E-state index contributed by atoms with van der Waals surface area (Å²) in [5.41, 5.74) is 4.00. The number of hydrogen-bond acceptors (Lipinski definition) is 8. The number of carbonyl (C=O) groups is 2. The first kappa shape index (κ1) is 37.9. The van der Waals surface area contributed by atoms with Crippen molar-refractivity contribution < 1.29 is 91.5 Å². The molecule has 0 bridgehead atoms. The average molecular weight is 690 g/mol. The second-order valence-electron chi connectivity index (χ2n) is 10.7. The van der Waals surface area contributed by atoms with E-state index >= 15 is 0 Å². The van der Waals surface area contributed by atoms with E-state index in [0.717, 1.165) is 11.1 Å². The van der Waals surface area contributed by atoms with Crippen molar-refractivity contribution in [2.24, 2.45) is 0 Å². The molecule has 0 unspecified atom stereocenters. The molecular weight excluding hydrogens is 664 g/mol. The van der Waals surface area contributed by atoms with Crippen molar-refractivity contribution in [3.63, 3.8) is 0 Å². The minimum absolute atomic E-state index is 0. The van der Waals surface area contributed by atoms with Crippen LogP contribution in [0.25, 0.3) is 21.5 Å². The van der Waals surface area contributed by atoms with Crippen molar-refractivity contribution in [3.05, 3.63) is 155 Å². The minimum atomic E-state index is -4.45. The molecule has 6 rings (SSSR count). The van der Waals surface area contributed by atoms with E-state index in [2.05, 4.69) is 4.85 Å². The van der Waals surface area contributed by atoms with Crippen LogP contribution in [0, 0.1) is 6.57 Å². The van der Waals surface area contributed by atoms with Gasteiger partial charge in [-0.25, -0.2) is 13.3 Å². The normalized spacial score (nSPS) is 15.4. The van der Waals surface area contributed by atoms with Gasteiger partial charge in [-0.05, 0) is 59.0 Å². The summed E-state index contributed by atoms with van der Waals surface area (Å²) >= 11 is 0. The van der Waals surface area contributed by atoms with Crippen molar-refractivity contribution in [2.75, 3.05) is 22.1 Å². The van der Waals surface area contributed by atoms with Crippen LogP contribution in [0.1, 0.15) is 22.3 Å². The van der Waals surface area contributed by atoms with E-state index in [1.54, 1.807) is 47.4 Å². The third-order valence-electron chi connectivity index (χ3n) is 7.67. The smallest absolute Gasteiger partial charge is 0.748 e. The summed E-state index contributed by atoms with van der Waals surface area (Å²) in [4.78, 5) is 31.8. The number of fused-ring (bicyclic) bond motifs is 1. The Morgan fingerprint density at radius 2 is 1.49 bits per heavy atom. The molecule has 49 heavy (non-hydrogen) atoms. The Balaban J connectivity index is 0.00000270. The van der Waals surface area contributed by atoms with E-state index in [9.17, 15) is 27.7 Å². The van der Waals surface area contributed by atoms with Gasteiger partial charge < -0.3 is 24.1 Å². The zero-order valence-electron chi connectivity index (χ0n) is 26.7. The summed E-state index contributed by atoms with van der Waals surface area (Å²) in [6.07, 6.45) is 3.28. The maximum Gasteiger partial charge on any atom is 1.00 e. The Bertz CT molecular complexity index is 2130. The van der Waals surface area contributed by atoms with Crippen molar-refractivity contribution in [3.8, 4) is 16.9 Å². The van der Waals surface area contributed by atoms with Crippen molar-refractivity contribution in [1.82, 2.24) is 0 Å². The molecule has 1 amide bonds. The number of benzene rings is 4. The molecule has 0 atom stereocenters. The first-order valence-corrected chi connectivity index (χ1v) is 16.1. The van der Waals surface area contributed by atoms with Gasteiger partial charge in [0, 0.05) is 35.3 Å². The Morgan fingerprint density at radius 3 is 2.08 bits per heavy atom. The molecule has 4 aromatic rings. The molecule has 0 N–H and O–H groups in total. The van der Waals surface area contributed by atoms with Gasteiger partial charge in [0.15, 0.2) is 5.75 Å². The van der Waals surface area contributed by atoms with Gasteiger partial charge in [0.25, 0.3) is 11.6 Å². The van der Waals surface area contributed by atoms with Crippen LogP contribution in [0.15, 0.2) is 133 Å². The number of carbonyl (C=O) groups excluding carboxylic acids is 2. The maximum absolute atomic E-state index is 13.7. The molecule has 0 aliphatic carbocycles. The van der Waals surface area contributed by atoms with E-state index in [1.165, 1.54) is 29.2 Å². The number of amides is 1. The molecule has 0 saturated heterocycles. The fourth-order valence-electron chi connectivity index (χ4n) is 5.52. The molecule has 2 heterocycles. The van der Waals surface area contributed by atoms with Crippen LogP contribution < -0.4 is 78.8 Å². The predicted octanol–water partition coefficient (Wildman–Crippen LogP) is -1.04. The summed E-state index contributed by atoms with van der Waals surface area (Å²) in [5, 5.41) is 11.4. The summed E-state index contributed by atoms with van der Waals surface area (Å²) in [5.74, 6) is -1.70. The zero-order valence-corrected chi connectivity index (χ0v) is 31.5. The van der Waals surface area contributed by atoms with Crippen molar-refractivity contribution >= 4 is 38.9 Å². The first-order chi connectivity index (χ1) is 22.6. The molecule has 0 fully saturated rings. The van der Waals surface area contributed by atoms with E-state index in [4.69, 9.17) is 11.3 Å². The van der Waals surface area contributed by atoms with Gasteiger partial charge in [0.05, 0.1) is 28.3 Å². The molecule has 13 heteroatoms. The molecule has 0 aromatic heterocycles. The number of ether oxygens (including phenoxy) is 1. The molecule has 10 nitrogen and oxygen atoms in total. The second-order valence-corrected chi connectivity index (χ2v) is 12.2. The van der Waals surface area contributed by atoms with Gasteiger partial charge in [-0.3, -0.25) is 9.69 Å². The standard InChI is InChI=1S/C36H27N3O7S.2Na/c1-37-34-33(25-11-6-3-7-12-25)29(39(35(34)40)28-16-13-26(14-17-28)36(41)42)18-20-32-38(21-8-22-47(43,44)45)30-23-27(15-19-31(30)46-32)24-9-4-2-5-10-24;;/h2-7,9-20,23H,8,21-22H2,(H,41,42)(H,43,44,45);;/q;2*+1/p-2/b29-18-,32-20-;;. The third kappa shape index (κ3) is 8.27. The Hall–Kier alpha value is -3.96. The van der Waals surface area contributed by atoms with E-state index in [0.29, 0.717) is 39.8 Å². The summed E-state index contributed by atoms with van der Waals surface area (Å²) in [6.45, 7) is 8.01. The quantitative estimate of drug-likeness (QED) is 0.124. The zero-order chi connectivity index (χ0) is 33.1. The third-order valence-corrected chi connectivity index (χ3v) is 8.46. The average Bonchev–Trinajstić information content (AvgIpc) is 3.56. The van der Waals surface area contributed by atoms with Gasteiger partial charge in [0.2, 0.25) is 5.88 Å². The number of rotatable bonds is 9. The number of nitrogens with zero attached hydrogens (tertiary/aromatic N) is 3. The number of carboxylic acids is 1. The van der Waals surface area contributed by atoms with Gasteiger partial charge in [-0.15, -0.1) is 0 Å². The molecule has 2 aliphatic rings. The number of aromatic carboxylic acids is 1. The van der Waals surface area contributed by atoms with Crippen molar-refractivity contribution in [1.29, 1.82) is 0 Å². The van der Waals surface area contributed by atoms with Gasteiger partial charge >= 0.3 is 59.1 Å². The monoisotopic (exact) mass is 689 g/mol. The predicted molar refractivity (Wildman–Crippen MR) is 173 cm³/mol. The van der Waals surface area contributed by atoms with Crippen LogP contribution in [-0.2, 0) is 14.9 Å². The van der Waals surface area contributed by atoms with E-state index in [-0.39, 0.29) is 83.3 Å². The largest absolute Gasteiger partial charge is 1.00 e. The van der Waals surface area contributed by atoms with Crippen LogP contribution in [-0.4, -0.2) is 37.1 Å². The number of carboxylic acid groups (broad SMARTS) is 1. The molecule has 0 saturated carbocycles. The Kier molecular flexibility index (Phi) is 12.5. The first-order valence-electron chi connectivity index (χ1n) is 14.5. The van der Waals surface area contributed by atoms with Crippen LogP contribution in [0.2, 0.25) is 0 Å². The van der Waals surface area contributed by atoms with E-state index < -0.39 is 27.7 Å². The number of hydrogen-bond donors (Lipinski definition) is 0. The Labute approximate surface area is 328 Å². The Morgan fingerprint density at radius 1 is 0.857 bits per heavy atom. The van der Waals surface area contributed by atoms with Crippen LogP contribution in [0.4, 0.5) is 11.4 Å². The summed E-state index contributed by atoms with van der Waals surface area (Å²) in [7, 11) is -4.45. The molecule has 4 aromatic carbocycles. The number of allylic oxidation sites excluding steroid dienone is 3. The second kappa shape index (κ2) is 16.2. The van der Waals surface area contributed by atoms with Gasteiger partial charge in [0.1, 0.15) is 0 Å². The summed E-state index contributed by atoms with van der Waals surface area (Å²) < 4.78 is 40.5. The fraction of sp³-hybridized carbons (Fsp3) is 0.0833. The molecule has 234 valence electrons. The molecule has 0 spiro atoms. The van der Waals surface area contributed by atoms with Crippen molar-refractivity contribution in [2.45, 2.75) is 6.42 Å². The van der Waals surface area contributed by atoms with Crippen LogP contribution >= 0.6 is 0 Å². The molecule has 2 aliphatic heterocycles. The fourth-order valence-corrected chi connectivity index (χ4v) is 6.01. The number of anilines is 2. The van der Waals surface area contributed by atoms with Crippen LogP contribution in [0.3, 0.4) is 0 Å². The minimum Gasteiger partial charge on any atom is -0.748 e. The van der Waals surface area contributed by atoms with Gasteiger partial charge in [-0.1, -0.05) is 78.9 Å². The SMILES string of the molecule is [C-]#[N+]C1=C(c2ccccc2)/C(=C/C=C2\Oc3ccc(-c4ccccc4)cc3N2CCCS(=O)(=O)[O-])N(c2ccc(C(=O)[O-])cc2)C1=O.[Na+].[Na+]. The summed E-state index contributed by atoms with van der Waals surface area (Å²) in [6, 6.07) is 29.8. The van der Waals surface area contributed by atoms with Gasteiger partial charge in [-0.2, -0.15) is 0 Å². The molecule has 0 radical (unpaired) electrons. The van der Waals surface area contributed by atoms with E-state index in [1.807, 2.05) is 48.5 Å². The van der Waals surface area contributed by atoms with Crippen LogP contribution in [0.5, 0.6) is 5.75 Å².